The van der Waals surface area contributed by atoms with Crippen molar-refractivity contribution in [2.45, 2.75) is 52.4 Å². The van der Waals surface area contributed by atoms with E-state index in [1.54, 1.807) is 0 Å². The predicted molar refractivity (Wildman–Crippen MR) is 128 cm³/mol. The molecule has 12 nitrogen and oxygen atoms in total. The van der Waals surface area contributed by atoms with Crippen LogP contribution in [-0.2, 0) is 47.7 Å². The SMILES string of the molecule is CCCCN(CCOC(=O)C1CC(=O)OC1=O)SSN(CCCC)CCOC(=O)C1CC(=O)OC1=O. The zero-order chi connectivity index (χ0) is 26.5. The summed E-state index contributed by atoms with van der Waals surface area (Å²) in [5, 5.41) is 0. The molecule has 0 aromatic carbocycles. The molecule has 2 aliphatic rings. The predicted octanol–water partition coefficient (Wildman–Crippen LogP) is 1.67. The lowest BCUT2D eigenvalue weighted by Gasteiger charge is -2.25. The fraction of sp³-hybridized carbons (Fsp3) is 0.727. The number of cyclic esters (lactones) is 4. The van der Waals surface area contributed by atoms with E-state index in [1.165, 1.54) is 22.0 Å². The van der Waals surface area contributed by atoms with Gasteiger partial charge in [0.15, 0.2) is 11.8 Å². The highest BCUT2D eigenvalue weighted by molar-refractivity contribution is 8.74. The van der Waals surface area contributed by atoms with Gasteiger partial charge in [0, 0.05) is 48.1 Å². The molecule has 2 aliphatic heterocycles. The molecule has 0 saturated carbocycles. The van der Waals surface area contributed by atoms with Gasteiger partial charge >= 0.3 is 35.8 Å². The lowest BCUT2D eigenvalue weighted by atomic mass is 10.1. The molecule has 0 aromatic heterocycles. The maximum absolute atomic E-state index is 12.1. The summed E-state index contributed by atoms with van der Waals surface area (Å²) in [7, 11) is 2.94. The van der Waals surface area contributed by atoms with Crippen molar-refractivity contribution in [3.8, 4) is 0 Å². The second kappa shape index (κ2) is 15.8. The normalized spacial score (nSPS) is 19.7. The van der Waals surface area contributed by atoms with E-state index in [0.29, 0.717) is 13.1 Å². The molecule has 0 aliphatic carbocycles. The van der Waals surface area contributed by atoms with E-state index in [-0.39, 0.29) is 26.1 Å². The zero-order valence-corrected chi connectivity index (χ0v) is 22.1. The number of unbranched alkanes of at least 4 members (excludes halogenated alkanes) is 2. The minimum absolute atomic E-state index is 0.0524. The molecule has 2 saturated heterocycles. The number of nitrogens with zero attached hydrogens (tertiary/aromatic N) is 2. The van der Waals surface area contributed by atoms with Crippen LogP contribution in [0.1, 0.15) is 52.4 Å². The molecule has 0 spiro atoms. The van der Waals surface area contributed by atoms with Crippen molar-refractivity contribution in [2.24, 2.45) is 11.8 Å². The third kappa shape index (κ3) is 10.1. The van der Waals surface area contributed by atoms with Crippen LogP contribution in [0.2, 0.25) is 0 Å². The molecule has 0 aromatic rings. The molecule has 2 heterocycles. The van der Waals surface area contributed by atoms with Crippen LogP contribution in [0.4, 0.5) is 0 Å². The Morgan fingerprint density at radius 3 is 1.44 bits per heavy atom. The van der Waals surface area contributed by atoms with Crippen LogP contribution in [-0.4, -0.2) is 83.8 Å². The van der Waals surface area contributed by atoms with Gasteiger partial charge in [-0.3, -0.25) is 28.8 Å². The van der Waals surface area contributed by atoms with E-state index in [1.807, 2.05) is 8.61 Å². The molecule has 202 valence electrons. The highest BCUT2D eigenvalue weighted by Crippen LogP contribution is 2.30. The van der Waals surface area contributed by atoms with Crippen LogP contribution in [0.15, 0.2) is 0 Å². The van der Waals surface area contributed by atoms with Gasteiger partial charge in [0.2, 0.25) is 0 Å². The topological polar surface area (TPSA) is 146 Å². The average Bonchev–Trinajstić information content (AvgIpc) is 3.36. The number of hydrogen-bond acceptors (Lipinski definition) is 14. The first-order valence-electron chi connectivity index (χ1n) is 11.9. The molecule has 0 radical (unpaired) electrons. The highest BCUT2D eigenvalue weighted by Gasteiger charge is 2.41. The van der Waals surface area contributed by atoms with Gasteiger partial charge in [0.05, 0.1) is 12.8 Å². The fourth-order valence-electron chi connectivity index (χ4n) is 3.14. The standard InChI is InChI=1S/C22H32N2O10S2/c1-3-5-7-23(9-11-31-19(27)15-13-17(25)33-21(15)29)35-36-24(8-6-4-2)10-12-32-20(28)16-14-18(26)34-22(16)30/h15-16H,3-14H2,1-2H3. The Kier molecular flexibility index (Phi) is 13.2. The van der Waals surface area contributed by atoms with Crippen molar-refractivity contribution >= 4 is 57.8 Å². The summed E-state index contributed by atoms with van der Waals surface area (Å²) in [4.78, 5) is 69.6. The van der Waals surface area contributed by atoms with Crippen LogP contribution < -0.4 is 0 Å². The third-order valence-electron chi connectivity index (χ3n) is 5.24. The minimum atomic E-state index is -1.19. The Morgan fingerprint density at radius 1 is 0.750 bits per heavy atom. The summed E-state index contributed by atoms with van der Waals surface area (Å²) in [6, 6.07) is 0. The van der Waals surface area contributed by atoms with Crippen molar-refractivity contribution in [3.63, 3.8) is 0 Å². The molecule has 2 rings (SSSR count). The van der Waals surface area contributed by atoms with Crippen LogP contribution in [0.25, 0.3) is 0 Å². The van der Waals surface area contributed by atoms with E-state index in [4.69, 9.17) is 9.47 Å². The Labute approximate surface area is 217 Å². The Balaban J connectivity index is 1.78. The van der Waals surface area contributed by atoms with E-state index < -0.39 is 47.7 Å². The van der Waals surface area contributed by atoms with Crippen molar-refractivity contribution in [2.75, 3.05) is 39.4 Å². The summed E-state index contributed by atoms with van der Waals surface area (Å²) in [6.45, 7) is 6.53. The lowest BCUT2D eigenvalue weighted by molar-refractivity contribution is -0.160. The van der Waals surface area contributed by atoms with Crippen molar-refractivity contribution in [1.82, 2.24) is 8.61 Å². The second-order valence-corrected chi connectivity index (χ2v) is 10.4. The number of carbonyl (C=O) groups is 6. The second-order valence-electron chi connectivity index (χ2n) is 8.15. The number of rotatable bonds is 17. The molecule has 2 atom stereocenters. The van der Waals surface area contributed by atoms with Crippen LogP contribution in [0.3, 0.4) is 0 Å². The van der Waals surface area contributed by atoms with E-state index in [2.05, 4.69) is 23.3 Å². The first-order valence-corrected chi connectivity index (χ1v) is 14.0. The lowest BCUT2D eigenvalue weighted by Crippen LogP contribution is -2.29. The molecule has 14 heteroatoms. The molecule has 2 fully saturated rings. The van der Waals surface area contributed by atoms with Crippen molar-refractivity contribution < 1.29 is 47.7 Å². The molecule has 0 amide bonds. The van der Waals surface area contributed by atoms with Crippen LogP contribution >= 0.6 is 22.0 Å². The minimum Gasteiger partial charge on any atom is -0.464 e. The molecule has 2 unspecified atom stereocenters. The molecule has 0 bridgehead atoms. The third-order valence-corrected chi connectivity index (χ3v) is 7.93. The molecular formula is C22H32N2O10S2. The molecular weight excluding hydrogens is 516 g/mol. The maximum Gasteiger partial charge on any atom is 0.328 e. The van der Waals surface area contributed by atoms with Gasteiger partial charge < -0.3 is 18.9 Å². The van der Waals surface area contributed by atoms with Gasteiger partial charge in [0.1, 0.15) is 13.2 Å². The number of ether oxygens (including phenoxy) is 4. The summed E-state index contributed by atoms with van der Waals surface area (Å²) in [5.74, 6) is -7.12. The van der Waals surface area contributed by atoms with E-state index in [9.17, 15) is 28.8 Å². The first kappa shape index (κ1) is 30.1. The quantitative estimate of drug-likeness (QED) is 0.0853. The van der Waals surface area contributed by atoms with E-state index >= 15 is 0 Å². The van der Waals surface area contributed by atoms with Crippen LogP contribution in [0.5, 0.6) is 0 Å². The largest absolute Gasteiger partial charge is 0.464 e. The van der Waals surface area contributed by atoms with Crippen LogP contribution in [0, 0.1) is 11.8 Å². The average molecular weight is 549 g/mol. The highest BCUT2D eigenvalue weighted by atomic mass is 33.1. The first-order chi connectivity index (χ1) is 17.2. The zero-order valence-electron chi connectivity index (χ0n) is 20.4. The molecule has 36 heavy (non-hydrogen) atoms. The number of hydrogen-bond donors (Lipinski definition) is 0. The molecule has 0 N–H and O–H groups in total. The van der Waals surface area contributed by atoms with Gasteiger partial charge in [-0.2, -0.15) is 0 Å². The monoisotopic (exact) mass is 548 g/mol. The van der Waals surface area contributed by atoms with Crippen molar-refractivity contribution in [3.05, 3.63) is 0 Å². The fourth-order valence-corrected chi connectivity index (χ4v) is 5.50. The summed E-state index contributed by atoms with van der Waals surface area (Å²) in [6.07, 6.45) is 3.20. The summed E-state index contributed by atoms with van der Waals surface area (Å²) >= 11 is 0. The summed E-state index contributed by atoms with van der Waals surface area (Å²) < 4.78 is 23.2. The van der Waals surface area contributed by atoms with E-state index in [0.717, 1.165) is 38.8 Å². The smallest absolute Gasteiger partial charge is 0.328 e. The Morgan fingerprint density at radius 2 is 1.14 bits per heavy atom. The number of carbonyl (C=O) groups excluding carboxylic acids is 6. The number of esters is 6. The van der Waals surface area contributed by atoms with Gasteiger partial charge in [-0.15, -0.1) is 0 Å². The maximum atomic E-state index is 12.1. The Bertz CT molecular complexity index is 759. The van der Waals surface area contributed by atoms with Gasteiger partial charge in [-0.25, -0.2) is 8.61 Å². The van der Waals surface area contributed by atoms with Gasteiger partial charge in [-0.05, 0) is 12.8 Å². The van der Waals surface area contributed by atoms with Gasteiger partial charge in [-0.1, -0.05) is 26.7 Å². The Hall–Kier alpha value is -2.16. The summed E-state index contributed by atoms with van der Waals surface area (Å²) in [5.41, 5.74) is 0. The van der Waals surface area contributed by atoms with Crippen molar-refractivity contribution in [1.29, 1.82) is 0 Å². The van der Waals surface area contributed by atoms with Gasteiger partial charge in [0.25, 0.3) is 0 Å².